The van der Waals surface area contributed by atoms with E-state index in [0.717, 1.165) is 49.0 Å². The van der Waals surface area contributed by atoms with E-state index in [1.54, 1.807) is 6.07 Å². The summed E-state index contributed by atoms with van der Waals surface area (Å²) in [7, 11) is -4.47. The van der Waals surface area contributed by atoms with Crippen LogP contribution in [0.15, 0.2) is 42.5 Å². The van der Waals surface area contributed by atoms with Crippen LogP contribution in [0.2, 0.25) is 33.2 Å². The summed E-state index contributed by atoms with van der Waals surface area (Å²) in [6.45, 7) is 29.0. The van der Waals surface area contributed by atoms with Gasteiger partial charge in [0.1, 0.15) is 48.3 Å². The molecule has 0 spiro atoms. The molecule has 9 nitrogen and oxygen atoms in total. The average molecular weight is 829 g/mol. The second kappa shape index (κ2) is 22.1. The molecule has 0 aromatic heterocycles. The molecule has 11 heteroatoms. The molecule has 0 saturated carbocycles. The smallest absolute Gasteiger partial charge is 0.305 e. The predicted octanol–water partition coefficient (Wildman–Crippen LogP) is 11.1. The summed E-state index contributed by atoms with van der Waals surface area (Å²) in [6.07, 6.45) is 2.21. The highest BCUT2D eigenvalue weighted by Gasteiger charge is 2.49. The van der Waals surface area contributed by atoms with Crippen molar-refractivity contribution in [3.8, 4) is 17.2 Å². The van der Waals surface area contributed by atoms with Crippen LogP contribution < -0.4 is 13.6 Å². The van der Waals surface area contributed by atoms with Gasteiger partial charge in [-0.05, 0) is 75.1 Å². The van der Waals surface area contributed by atoms with Crippen molar-refractivity contribution in [2.24, 2.45) is 0 Å². The largest absolute Gasteiger partial charge is 0.543 e. The van der Waals surface area contributed by atoms with Gasteiger partial charge in [0.05, 0.1) is 0 Å². The standard InChI is InChI=1S/C46H76O9Si2/c1-14-15-16-17-18-19-42(47)51-29-41-43(48)44(49)45(50)46(53-41)52-39-26-37(27-40(28-39)55-57(33(8)9,34(10)11)35(12)13)21-20-36-22-24-38(25-23-36)54-56(30(2)3,31(4)5)32(6)7/h20-28,30-35,41,43-46,48-50H,14-19,29H2,1-13H3/b21-20+. The summed E-state index contributed by atoms with van der Waals surface area (Å²) in [4.78, 5) is 12.5. The van der Waals surface area contributed by atoms with Crippen molar-refractivity contribution in [2.45, 2.75) is 192 Å². The fourth-order valence-corrected chi connectivity index (χ4v) is 19.7. The number of esters is 1. The first-order valence-electron chi connectivity index (χ1n) is 21.6. The minimum Gasteiger partial charge on any atom is -0.543 e. The zero-order valence-electron chi connectivity index (χ0n) is 37.3. The molecule has 57 heavy (non-hydrogen) atoms. The van der Waals surface area contributed by atoms with E-state index in [1.165, 1.54) is 0 Å². The zero-order chi connectivity index (χ0) is 42.7. The summed E-state index contributed by atoms with van der Waals surface area (Å²) >= 11 is 0. The lowest BCUT2D eigenvalue weighted by atomic mass is 9.99. The first kappa shape index (κ1) is 48.7. The highest BCUT2D eigenvalue weighted by Crippen LogP contribution is 2.45. The molecule has 1 aliphatic heterocycles. The van der Waals surface area contributed by atoms with Crippen LogP contribution in [0, 0.1) is 0 Å². The van der Waals surface area contributed by atoms with E-state index in [2.05, 4.69) is 114 Å². The van der Waals surface area contributed by atoms with Crippen molar-refractivity contribution in [3.05, 3.63) is 53.6 Å². The van der Waals surface area contributed by atoms with Gasteiger partial charge in [0.2, 0.25) is 6.29 Å². The molecule has 3 rings (SSSR count). The number of rotatable bonds is 22. The van der Waals surface area contributed by atoms with E-state index in [0.29, 0.717) is 44.7 Å². The van der Waals surface area contributed by atoms with E-state index in [-0.39, 0.29) is 13.0 Å². The van der Waals surface area contributed by atoms with Crippen LogP contribution in [0.1, 0.15) is 140 Å². The van der Waals surface area contributed by atoms with Crippen LogP contribution in [0.5, 0.6) is 17.2 Å². The zero-order valence-corrected chi connectivity index (χ0v) is 39.3. The number of ether oxygens (including phenoxy) is 3. The Labute approximate surface area is 346 Å². The lowest BCUT2D eigenvalue weighted by Crippen LogP contribution is -2.60. The van der Waals surface area contributed by atoms with Crippen LogP contribution in [-0.2, 0) is 14.3 Å². The number of carbonyl (C=O) groups excluding carboxylic acids is 1. The first-order chi connectivity index (χ1) is 26.8. The number of aliphatic hydroxyl groups excluding tert-OH is 3. The van der Waals surface area contributed by atoms with Crippen molar-refractivity contribution in [3.63, 3.8) is 0 Å². The van der Waals surface area contributed by atoms with Crippen LogP contribution in [0.3, 0.4) is 0 Å². The molecule has 1 fully saturated rings. The van der Waals surface area contributed by atoms with Gasteiger partial charge in [-0.3, -0.25) is 4.79 Å². The van der Waals surface area contributed by atoms with Gasteiger partial charge in [-0.2, -0.15) is 0 Å². The molecule has 1 heterocycles. The summed E-state index contributed by atoms with van der Waals surface area (Å²) in [5.74, 6) is 1.51. The van der Waals surface area contributed by atoms with Crippen LogP contribution in [-0.4, -0.2) is 75.2 Å². The molecule has 5 unspecified atom stereocenters. The van der Waals surface area contributed by atoms with E-state index < -0.39 is 53.3 Å². The number of hydrogen-bond acceptors (Lipinski definition) is 9. The molecule has 1 aliphatic rings. The SMILES string of the molecule is CCCCCCCC(=O)OCC1OC(Oc2cc(/C=C/c3ccc(O[Si](C(C)C)(C(C)C)C(C)C)cc3)cc(O[Si](C(C)C)(C(C)C)C(C)C)c2)C(O)C(O)C1O. The van der Waals surface area contributed by atoms with Crippen molar-refractivity contribution >= 4 is 34.8 Å². The molecule has 0 aliphatic carbocycles. The van der Waals surface area contributed by atoms with Gasteiger partial charge < -0.3 is 38.4 Å². The van der Waals surface area contributed by atoms with Crippen molar-refractivity contribution < 1.29 is 43.2 Å². The van der Waals surface area contributed by atoms with Crippen LogP contribution >= 0.6 is 0 Å². The lowest BCUT2D eigenvalue weighted by molar-refractivity contribution is -0.278. The second-order valence-corrected chi connectivity index (χ2v) is 28.7. The Morgan fingerprint density at radius 2 is 1.12 bits per heavy atom. The highest BCUT2D eigenvalue weighted by molar-refractivity contribution is 6.78. The summed E-state index contributed by atoms with van der Waals surface area (Å²) in [5.41, 5.74) is 4.19. The molecule has 1 saturated heterocycles. The molecular formula is C46H76O9Si2. The van der Waals surface area contributed by atoms with Gasteiger partial charge in [-0.1, -0.05) is 140 Å². The number of hydrogen-bond donors (Lipinski definition) is 3. The lowest BCUT2D eigenvalue weighted by Gasteiger charge is -2.42. The van der Waals surface area contributed by atoms with Crippen LogP contribution in [0.4, 0.5) is 0 Å². The molecule has 5 atom stereocenters. The average Bonchev–Trinajstić information content (AvgIpc) is 3.14. The molecular weight excluding hydrogens is 753 g/mol. The summed E-state index contributed by atoms with van der Waals surface area (Å²) in [5, 5.41) is 32.6. The van der Waals surface area contributed by atoms with E-state index in [4.69, 9.17) is 23.1 Å². The van der Waals surface area contributed by atoms with Crippen molar-refractivity contribution in [1.82, 2.24) is 0 Å². The summed E-state index contributed by atoms with van der Waals surface area (Å²) < 4.78 is 31.7. The number of aliphatic hydroxyl groups is 3. The Morgan fingerprint density at radius 1 is 0.632 bits per heavy atom. The minimum atomic E-state index is -2.38. The highest BCUT2D eigenvalue weighted by atomic mass is 28.4. The molecule has 0 amide bonds. The maximum Gasteiger partial charge on any atom is 0.305 e. The minimum absolute atomic E-state index is 0.267. The molecule has 322 valence electrons. The van der Waals surface area contributed by atoms with Gasteiger partial charge >= 0.3 is 5.97 Å². The third-order valence-corrected chi connectivity index (χ3v) is 24.1. The number of benzene rings is 2. The van der Waals surface area contributed by atoms with Gasteiger partial charge in [0.15, 0.2) is 0 Å². The van der Waals surface area contributed by atoms with E-state index in [9.17, 15) is 20.1 Å². The fourth-order valence-electron chi connectivity index (χ4n) is 9.18. The Hall–Kier alpha value is -2.68. The third-order valence-electron chi connectivity index (χ3n) is 12.1. The van der Waals surface area contributed by atoms with Gasteiger partial charge in [0.25, 0.3) is 16.6 Å². The Morgan fingerprint density at radius 3 is 1.65 bits per heavy atom. The van der Waals surface area contributed by atoms with Gasteiger partial charge in [0, 0.05) is 12.5 Å². The van der Waals surface area contributed by atoms with E-state index >= 15 is 0 Å². The van der Waals surface area contributed by atoms with Crippen molar-refractivity contribution in [1.29, 1.82) is 0 Å². The van der Waals surface area contributed by atoms with Crippen molar-refractivity contribution in [2.75, 3.05) is 6.61 Å². The monoisotopic (exact) mass is 829 g/mol. The maximum atomic E-state index is 12.5. The molecule has 3 N–H and O–H groups in total. The van der Waals surface area contributed by atoms with Crippen LogP contribution in [0.25, 0.3) is 12.2 Å². The maximum absolute atomic E-state index is 12.5. The Bertz CT molecular complexity index is 1500. The Kier molecular flexibility index (Phi) is 18.9. The summed E-state index contributed by atoms with van der Waals surface area (Å²) in [6, 6.07) is 13.9. The quantitative estimate of drug-likeness (QED) is 0.0460. The third kappa shape index (κ3) is 12.4. The normalized spacial score (nSPS) is 20.8. The van der Waals surface area contributed by atoms with Gasteiger partial charge in [-0.15, -0.1) is 0 Å². The van der Waals surface area contributed by atoms with Gasteiger partial charge in [-0.25, -0.2) is 0 Å². The Balaban J connectivity index is 1.92. The molecule has 2 aromatic rings. The first-order valence-corrected chi connectivity index (χ1v) is 25.9. The molecule has 0 radical (unpaired) electrons. The number of unbranched alkanes of at least 4 members (excludes halogenated alkanes) is 4. The number of carbonyl (C=O) groups is 1. The fraction of sp³-hybridized carbons (Fsp3) is 0.674. The van der Waals surface area contributed by atoms with E-state index in [1.807, 2.05) is 24.3 Å². The predicted molar refractivity (Wildman–Crippen MR) is 237 cm³/mol. The molecule has 2 aromatic carbocycles. The molecule has 0 bridgehead atoms. The second-order valence-electron chi connectivity index (χ2n) is 18.0. The topological polar surface area (TPSA) is 124 Å².